The summed E-state index contributed by atoms with van der Waals surface area (Å²) >= 11 is 0. The molecule has 0 spiro atoms. The third-order valence-corrected chi connectivity index (χ3v) is 6.74. The maximum Gasteiger partial charge on any atom is 0.243 e. The Labute approximate surface area is 171 Å². The van der Waals surface area contributed by atoms with Crippen molar-refractivity contribution >= 4 is 21.6 Å². The Morgan fingerprint density at radius 2 is 1.93 bits per heavy atom. The van der Waals surface area contributed by atoms with Crippen LogP contribution in [0.2, 0.25) is 0 Å². The van der Waals surface area contributed by atoms with E-state index in [1.165, 1.54) is 4.31 Å². The second kappa shape index (κ2) is 9.28. The molecule has 0 aromatic heterocycles. The molecule has 0 aliphatic carbocycles. The van der Waals surface area contributed by atoms with E-state index in [9.17, 15) is 13.2 Å². The SMILES string of the molecule is CCOc1ccc(S(=O)(=O)N2CCC[C@@H](C(=O)Nc3cccc(OC)c3)C2)cc1. The molecule has 1 aliphatic rings. The molecule has 0 bridgehead atoms. The van der Waals surface area contributed by atoms with Gasteiger partial charge in [-0.25, -0.2) is 8.42 Å². The van der Waals surface area contributed by atoms with Gasteiger partial charge in [0.2, 0.25) is 15.9 Å². The number of nitrogens with zero attached hydrogens (tertiary/aromatic N) is 1. The van der Waals surface area contributed by atoms with Crippen molar-refractivity contribution in [3.05, 3.63) is 48.5 Å². The number of carbonyl (C=O) groups excluding carboxylic acids is 1. The summed E-state index contributed by atoms with van der Waals surface area (Å²) < 4.78 is 37.9. The number of methoxy groups -OCH3 is 1. The zero-order valence-corrected chi connectivity index (χ0v) is 17.4. The largest absolute Gasteiger partial charge is 0.497 e. The highest BCUT2D eigenvalue weighted by Crippen LogP contribution is 2.26. The van der Waals surface area contributed by atoms with Gasteiger partial charge in [0.1, 0.15) is 11.5 Å². The number of rotatable bonds is 7. The van der Waals surface area contributed by atoms with Gasteiger partial charge in [0.25, 0.3) is 0 Å². The molecule has 2 aromatic carbocycles. The summed E-state index contributed by atoms with van der Waals surface area (Å²) in [6.07, 6.45) is 1.28. The first-order valence-corrected chi connectivity index (χ1v) is 11.1. The van der Waals surface area contributed by atoms with Crippen LogP contribution in [0.15, 0.2) is 53.4 Å². The minimum absolute atomic E-state index is 0.158. The number of nitrogens with one attached hydrogen (secondary N) is 1. The van der Waals surface area contributed by atoms with Gasteiger partial charge < -0.3 is 14.8 Å². The van der Waals surface area contributed by atoms with Gasteiger partial charge in [0.15, 0.2) is 0 Å². The normalized spacial score (nSPS) is 17.5. The van der Waals surface area contributed by atoms with Gasteiger partial charge in [0, 0.05) is 24.8 Å². The summed E-state index contributed by atoms with van der Waals surface area (Å²) in [5.74, 6) is 0.670. The lowest BCUT2D eigenvalue weighted by Crippen LogP contribution is -2.43. The van der Waals surface area contributed by atoms with Crippen molar-refractivity contribution in [3.8, 4) is 11.5 Å². The lowest BCUT2D eigenvalue weighted by molar-refractivity contribution is -0.120. The van der Waals surface area contributed by atoms with Gasteiger partial charge in [0.05, 0.1) is 24.5 Å². The van der Waals surface area contributed by atoms with Crippen LogP contribution in [0.4, 0.5) is 5.69 Å². The summed E-state index contributed by atoms with van der Waals surface area (Å²) in [6.45, 7) is 2.95. The summed E-state index contributed by atoms with van der Waals surface area (Å²) in [5, 5.41) is 2.86. The van der Waals surface area contributed by atoms with E-state index in [0.717, 1.165) is 0 Å². The zero-order valence-electron chi connectivity index (χ0n) is 16.6. The molecule has 1 aliphatic heterocycles. The molecular weight excluding hydrogens is 392 g/mol. The van der Waals surface area contributed by atoms with Gasteiger partial charge in [-0.2, -0.15) is 4.31 Å². The Bertz CT molecular complexity index is 944. The van der Waals surface area contributed by atoms with Crippen LogP contribution in [0.1, 0.15) is 19.8 Å². The molecule has 3 rings (SSSR count). The number of piperidine rings is 1. The van der Waals surface area contributed by atoms with Gasteiger partial charge in [-0.05, 0) is 56.2 Å². The van der Waals surface area contributed by atoms with Crippen molar-refractivity contribution in [2.45, 2.75) is 24.7 Å². The molecule has 0 saturated carbocycles. The highest BCUT2D eigenvalue weighted by molar-refractivity contribution is 7.89. The first-order chi connectivity index (χ1) is 13.9. The number of ether oxygens (including phenoxy) is 2. The number of hydrogen-bond acceptors (Lipinski definition) is 5. The fourth-order valence-corrected chi connectivity index (χ4v) is 4.87. The number of benzene rings is 2. The molecule has 156 valence electrons. The van der Waals surface area contributed by atoms with Crippen molar-refractivity contribution in [1.82, 2.24) is 4.31 Å². The Hall–Kier alpha value is -2.58. The highest BCUT2D eigenvalue weighted by Gasteiger charge is 2.33. The third-order valence-electron chi connectivity index (χ3n) is 4.86. The van der Waals surface area contributed by atoms with E-state index in [1.54, 1.807) is 55.6 Å². The zero-order chi connectivity index (χ0) is 20.9. The van der Waals surface area contributed by atoms with Crippen LogP contribution in [0.25, 0.3) is 0 Å². The number of sulfonamides is 1. The fourth-order valence-electron chi connectivity index (χ4n) is 3.34. The lowest BCUT2D eigenvalue weighted by atomic mass is 9.98. The molecule has 0 unspecified atom stereocenters. The van der Waals surface area contributed by atoms with Crippen molar-refractivity contribution in [2.24, 2.45) is 5.92 Å². The second-order valence-corrected chi connectivity index (χ2v) is 8.77. The van der Waals surface area contributed by atoms with Crippen molar-refractivity contribution in [3.63, 3.8) is 0 Å². The maximum atomic E-state index is 13.0. The molecule has 1 fully saturated rings. The number of amides is 1. The van der Waals surface area contributed by atoms with Crippen molar-refractivity contribution < 1.29 is 22.7 Å². The predicted octanol–water partition coefficient (Wildman–Crippen LogP) is 3.13. The molecule has 29 heavy (non-hydrogen) atoms. The van der Waals surface area contributed by atoms with E-state index in [4.69, 9.17) is 9.47 Å². The highest BCUT2D eigenvalue weighted by atomic mass is 32.2. The molecule has 2 aromatic rings. The minimum Gasteiger partial charge on any atom is -0.497 e. The van der Waals surface area contributed by atoms with Crippen LogP contribution in [-0.2, 0) is 14.8 Å². The third kappa shape index (κ3) is 5.07. The van der Waals surface area contributed by atoms with Gasteiger partial charge >= 0.3 is 0 Å². The van der Waals surface area contributed by atoms with E-state index in [0.29, 0.717) is 43.2 Å². The van der Waals surface area contributed by atoms with Crippen molar-refractivity contribution in [1.29, 1.82) is 0 Å². The van der Waals surface area contributed by atoms with E-state index < -0.39 is 15.9 Å². The summed E-state index contributed by atoms with van der Waals surface area (Å²) in [7, 11) is -2.10. The van der Waals surface area contributed by atoms with E-state index in [1.807, 2.05) is 6.92 Å². The summed E-state index contributed by atoms with van der Waals surface area (Å²) in [5.41, 5.74) is 0.626. The number of anilines is 1. The van der Waals surface area contributed by atoms with E-state index >= 15 is 0 Å². The van der Waals surface area contributed by atoms with Crippen LogP contribution in [0, 0.1) is 5.92 Å². The molecule has 1 N–H and O–H groups in total. The van der Waals surface area contributed by atoms with Gasteiger partial charge in [-0.15, -0.1) is 0 Å². The first-order valence-electron chi connectivity index (χ1n) is 9.62. The van der Waals surface area contributed by atoms with Crippen LogP contribution >= 0.6 is 0 Å². The predicted molar refractivity (Wildman–Crippen MR) is 111 cm³/mol. The van der Waals surface area contributed by atoms with E-state index in [-0.39, 0.29) is 17.3 Å². The Morgan fingerprint density at radius 3 is 2.62 bits per heavy atom. The van der Waals surface area contributed by atoms with Gasteiger partial charge in [-0.1, -0.05) is 6.07 Å². The van der Waals surface area contributed by atoms with Crippen LogP contribution in [0.3, 0.4) is 0 Å². The lowest BCUT2D eigenvalue weighted by Gasteiger charge is -2.31. The molecule has 7 nitrogen and oxygen atoms in total. The fraction of sp³-hybridized carbons (Fsp3) is 0.381. The Balaban J connectivity index is 1.69. The average Bonchev–Trinajstić information content (AvgIpc) is 2.74. The van der Waals surface area contributed by atoms with Crippen LogP contribution in [-0.4, -0.2) is 45.4 Å². The summed E-state index contributed by atoms with van der Waals surface area (Å²) in [6, 6.07) is 13.5. The molecule has 1 heterocycles. The molecular formula is C21H26N2O5S. The van der Waals surface area contributed by atoms with Gasteiger partial charge in [-0.3, -0.25) is 4.79 Å². The smallest absolute Gasteiger partial charge is 0.243 e. The first kappa shape index (κ1) is 21.1. The molecule has 1 atom stereocenters. The second-order valence-electron chi connectivity index (χ2n) is 6.83. The average molecular weight is 419 g/mol. The summed E-state index contributed by atoms with van der Waals surface area (Å²) in [4.78, 5) is 12.9. The topological polar surface area (TPSA) is 84.9 Å². The molecule has 8 heteroatoms. The minimum atomic E-state index is -3.67. The standard InChI is InChI=1S/C21H26N2O5S/c1-3-28-18-9-11-20(12-10-18)29(25,26)23-13-5-6-16(15-23)21(24)22-17-7-4-8-19(14-17)27-2/h4,7-12,14,16H,3,5-6,13,15H2,1-2H3,(H,22,24)/t16-/m1/s1. The quantitative estimate of drug-likeness (QED) is 0.747. The molecule has 1 amide bonds. The monoisotopic (exact) mass is 418 g/mol. The molecule has 1 saturated heterocycles. The Morgan fingerprint density at radius 1 is 1.17 bits per heavy atom. The maximum absolute atomic E-state index is 13.0. The number of hydrogen-bond donors (Lipinski definition) is 1. The Kier molecular flexibility index (Phi) is 6.76. The van der Waals surface area contributed by atoms with Crippen molar-refractivity contribution in [2.75, 3.05) is 32.1 Å². The van der Waals surface area contributed by atoms with Crippen LogP contribution < -0.4 is 14.8 Å². The number of carbonyl (C=O) groups is 1. The van der Waals surface area contributed by atoms with E-state index in [2.05, 4.69) is 5.32 Å². The van der Waals surface area contributed by atoms with Crippen LogP contribution in [0.5, 0.6) is 11.5 Å². The molecule has 0 radical (unpaired) electrons.